The lowest BCUT2D eigenvalue weighted by atomic mass is 9.98. The molecule has 0 radical (unpaired) electrons. The van der Waals surface area contributed by atoms with Crippen LogP contribution in [-0.2, 0) is 0 Å². The molecular weight excluding hydrogens is 162 g/mol. The maximum Gasteiger partial charge on any atom is 0.103 e. The summed E-state index contributed by atoms with van der Waals surface area (Å²) >= 11 is 0. The molecule has 0 aliphatic rings. The molecule has 3 heteroatoms. The van der Waals surface area contributed by atoms with Crippen LogP contribution in [0.4, 0.5) is 0 Å². The number of nitrogens with one attached hydrogen (secondary N) is 1. The zero-order chi connectivity index (χ0) is 10.3. The minimum atomic E-state index is -0.353. The van der Waals surface area contributed by atoms with Crippen molar-refractivity contribution in [1.29, 1.82) is 5.26 Å². The van der Waals surface area contributed by atoms with Gasteiger partial charge in [0.1, 0.15) is 5.54 Å². The molecule has 0 aromatic rings. The first-order valence-electron chi connectivity index (χ1n) is 4.86. The zero-order valence-electron chi connectivity index (χ0n) is 9.22. The Morgan fingerprint density at radius 3 is 2.54 bits per heavy atom. The van der Waals surface area contributed by atoms with Gasteiger partial charge in [0.15, 0.2) is 0 Å². The van der Waals surface area contributed by atoms with E-state index in [-0.39, 0.29) is 5.54 Å². The van der Waals surface area contributed by atoms with Crippen LogP contribution in [-0.4, -0.2) is 37.6 Å². The van der Waals surface area contributed by atoms with Crippen molar-refractivity contribution in [1.82, 2.24) is 10.2 Å². The average molecular weight is 183 g/mol. The lowest BCUT2D eigenvalue weighted by molar-refractivity contribution is 0.322. The number of nitriles is 1. The Morgan fingerprint density at radius 1 is 1.54 bits per heavy atom. The Kier molecular flexibility index (Phi) is 5.68. The van der Waals surface area contributed by atoms with E-state index in [4.69, 9.17) is 5.26 Å². The third kappa shape index (κ3) is 4.87. The highest BCUT2D eigenvalue weighted by molar-refractivity contribution is 5.02. The molecular formula is C10H21N3. The van der Waals surface area contributed by atoms with Gasteiger partial charge in [0.05, 0.1) is 6.07 Å². The van der Waals surface area contributed by atoms with Gasteiger partial charge < -0.3 is 10.2 Å². The van der Waals surface area contributed by atoms with E-state index >= 15 is 0 Å². The molecule has 0 bridgehead atoms. The summed E-state index contributed by atoms with van der Waals surface area (Å²) in [6.45, 7) is 6.22. The minimum absolute atomic E-state index is 0.353. The van der Waals surface area contributed by atoms with E-state index in [1.54, 1.807) is 0 Å². The molecule has 0 saturated heterocycles. The van der Waals surface area contributed by atoms with Crippen LogP contribution in [0.5, 0.6) is 0 Å². The molecule has 0 aromatic heterocycles. The molecule has 0 aliphatic carbocycles. The third-order valence-corrected chi connectivity index (χ3v) is 2.55. The molecule has 0 fully saturated rings. The fourth-order valence-electron chi connectivity index (χ4n) is 1.10. The van der Waals surface area contributed by atoms with Gasteiger partial charge >= 0.3 is 0 Å². The van der Waals surface area contributed by atoms with E-state index in [2.05, 4.69) is 30.3 Å². The highest BCUT2D eigenvalue weighted by Gasteiger charge is 2.19. The van der Waals surface area contributed by atoms with Crippen LogP contribution in [0.25, 0.3) is 0 Å². The summed E-state index contributed by atoms with van der Waals surface area (Å²) in [7, 11) is 3.94. The van der Waals surface area contributed by atoms with Gasteiger partial charge in [-0.2, -0.15) is 5.26 Å². The molecule has 1 atom stereocenters. The topological polar surface area (TPSA) is 39.1 Å². The summed E-state index contributed by atoms with van der Waals surface area (Å²) in [6.07, 6.45) is 1.97. The highest BCUT2D eigenvalue weighted by atomic mass is 15.1. The van der Waals surface area contributed by atoms with Crippen LogP contribution in [0.2, 0.25) is 0 Å². The molecule has 0 amide bonds. The number of hydrogen-bond donors (Lipinski definition) is 1. The van der Waals surface area contributed by atoms with Gasteiger partial charge in [-0.25, -0.2) is 0 Å². The van der Waals surface area contributed by atoms with Gasteiger partial charge in [-0.15, -0.1) is 0 Å². The molecule has 0 rings (SSSR count). The monoisotopic (exact) mass is 183 g/mol. The summed E-state index contributed by atoms with van der Waals surface area (Å²) < 4.78 is 0. The summed E-state index contributed by atoms with van der Waals surface area (Å²) in [5, 5.41) is 11.9. The van der Waals surface area contributed by atoms with Gasteiger partial charge in [-0.3, -0.25) is 0 Å². The van der Waals surface area contributed by atoms with E-state index in [1.807, 2.05) is 14.0 Å². The van der Waals surface area contributed by atoms with Crippen LogP contribution < -0.4 is 5.32 Å². The standard InChI is InChI=1S/C10H21N3/c1-5-13(4)8-6-7-10(2,9-11)12-3/h12H,5-8H2,1-4H3. The first-order chi connectivity index (χ1) is 6.08. The fourth-order valence-corrected chi connectivity index (χ4v) is 1.10. The minimum Gasteiger partial charge on any atom is -0.307 e. The van der Waals surface area contributed by atoms with Gasteiger partial charge in [-0.05, 0) is 47.0 Å². The summed E-state index contributed by atoms with van der Waals surface area (Å²) in [4.78, 5) is 2.26. The third-order valence-electron chi connectivity index (χ3n) is 2.55. The molecule has 0 heterocycles. The summed E-state index contributed by atoms with van der Waals surface area (Å²) in [5.74, 6) is 0. The second kappa shape index (κ2) is 5.95. The number of hydrogen-bond acceptors (Lipinski definition) is 3. The second-order valence-corrected chi connectivity index (χ2v) is 3.69. The van der Waals surface area contributed by atoms with Crippen LogP contribution in [0, 0.1) is 11.3 Å². The molecule has 0 spiro atoms. The fraction of sp³-hybridized carbons (Fsp3) is 0.900. The summed E-state index contributed by atoms with van der Waals surface area (Å²) in [6, 6.07) is 2.29. The maximum atomic E-state index is 8.88. The van der Waals surface area contributed by atoms with E-state index in [9.17, 15) is 0 Å². The normalized spacial score (nSPS) is 15.4. The van der Waals surface area contributed by atoms with Crippen molar-refractivity contribution in [2.75, 3.05) is 27.2 Å². The Bertz CT molecular complexity index is 173. The van der Waals surface area contributed by atoms with Crippen molar-refractivity contribution < 1.29 is 0 Å². The molecule has 0 saturated carbocycles. The molecule has 13 heavy (non-hydrogen) atoms. The van der Waals surface area contributed by atoms with Gasteiger partial charge in [0, 0.05) is 0 Å². The molecule has 1 N–H and O–H groups in total. The van der Waals surface area contributed by atoms with E-state index < -0.39 is 0 Å². The van der Waals surface area contributed by atoms with Crippen molar-refractivity contribution in [3.8, 4) is 6.07 Å². The Balaban J connectivity index is 3.69. The smallest absolute Gasteiger partial charge is 0.103 e. The van der Waals surface area contributed by atoms with E-state index in [1.165, 1.54) is 0 Å². The maximum absolute atomic E-state index is 8.88. The highest BCUT2D eigenvalue weighted by Crippen LogP contribution is 2.10. The second-order valence-electron chi connectivity index (χ2n) is 3.69. The average Bonchev–Trinajstić information content (AvgIpc) is 2.17. The van der Waals surface area contributed by atoms with E-state index in [0.717, 1.165) is 25.9 Å². The predicted molar refractivity (Wildman–Crippen MR) is 55.5 cm³/mol. The largest absolute Gasteiger partial charge is 0.307 e. The molecule has 0 aromatic carbocycles. The summed E-state index contributed by atoms with van der Waals surface area (Å²) in [5.41, 5.74) is -0.353. The van der Waals surface area contributed by atoms with Gasteiger partial charge in [0.2, 0.25) is 0 Å². The van der Waals surface area contributed by atoms with Crippen molar-refractivity contribution in [3.63, 3.8) is 0 Å². The van der Waals surface area contributed by atoms with Crippen LogP contribution in [0.1, 0.15) is 26.7 Å². The molecule has 0 aliphatic heterocycles. The zero-order valence-corrected chi connectivity index (χ0v) is 9.22. The first kappa shape index (κ1) is 12.4. The van der Waals surface area contributed by atoms with Crippen molar-refractivity contribution in [2.45, 2.75) is 32.2 Å². The van der Waals surface area contributed by atoms with Gasteiger partial charge in [-0.1, -0.05) is 6.92 Å². The SMILES string of the molecule is CCN(C)CCCC(C)(C#N)NC. The predicted octanol–water partition coefficient (Wildman–Crippen LogP) is 1.22. The van der Waals surface area contributed by atoms with Gasteiger partial charge in [0.25, 0.3) is 0 Å². The first-order valence-corrected chi connectivity index (χ1v) is 4.86. The lowest BCUT2D eigenvalue weighted by Gasteiger charge is -2.22. The number of nitrogens with zero attached hydrogens (tertiary/aromatic N) is 2. The van der Waals surface area contributed by atoms with Crippen molar-refractivity contribution in [3.05, 3.63) is 0 Å². The Morgan fingerprint density at radius 2 is 2.15 bits per heavy atom. The van der Waals surface area contributed by atoms with Crippen LogP contribution in [0.3, 0.4) is 0 Å². The molecule has 76 valence electrons. The van der Waals surface area contributed by atoms with Crippen LogP contribution in [0.15, 0.2) is 0 Å². The Hall–Kier alpha value is -0.590. The van der Waals surface area contributed by atoms with E-state index in [0.29, 0.717) is 0 Å². The quantitative estimate of drug-likeness (QED) is 0.673. The van der Waals surface area contributed by atoms with Crippen LogP contribution >= 0.6 is 0 Å². The Labute approximate surface area is 81.7 Å². The molecule has 1 unspecified atom stereocenters. The molecule has 3 nitrogen and oxygen atoms in total. The lowest BCUT2D eigenvalue weighted by Crippen LogP contribution is -2.38. The number of rotatable bonds is 6. The van der Waals surface area contributed by atoms with Crippen molar-refractivity contribution >= 4 is 0 Å². The van der Waals surface area contributed by atoms with Crippen molar-refractivity contribution in [2.24, 2.45) is 0 Å².